The van der Waals surface area contributed by atoms with Gasteiger partial charge in [-0.3, -0.25) is 4.79 Å². The Balaban J connectivity index is 2.45. The number of aliphatic hydroxyl groups excluding tert-OH is 2. The van der Waals surface area contributed by atoms with Crippen molar-refractivity contribution in [2.24, 2.45) is 5.92 Å². The van der Waals surface area contributed by atoms with Crippen molar-refractivity contribution in [3.8, 4) is 0 Å². The molecule has 1 saturated heterocycles. The average Bonchev–Trinajstić information content (AvgIpc) is 2.40. The predicted octanol–water partition coefficient (Wildman–Crippen LogP) is 1.65. The first-order valence-electron chi connectivity index (χ1n) is 7.67. The summed E-state index contributed by atoms with van der Waals surface area (Å²) in [5, 5.41) is 19.5. The van der Waals surface area contributed by atoms with Crippen LogP contribution in [0.15, 0.2) is 0 Å². The SMILES string of the molecule is CCCC(CCC)C(=O)OCC1OC(C)CC(O)C1O. The van der Waals surface area contributed by atoms with E-state index in [0.717, 1.165) is 25.7 Å². The third-order valence-electron chi connectivity index (χ3n) is 3.75. The molecule has 0 radical (unpaired) electrons. The molecule has 4 unspecified atom stereocenters. The largest absolute Gasteiger partial charge is 0.463 e. The van der Waals surface area contributed by atoms with Crippen molar-refractivity contribution in [3.63, 3.8) is 0 Å². The lowest BCUT2D eigenvalue weighted by atomic mass is 9.98. The number of carbonyl (C=O) groups excluding carboxylic acids is 1. The first-order chi connectivity index (χ1) is 9.49. The minimum absolute atomic E-state index is 0.00529. The lowest BCUT2D eigenvalue weighted by Gasteiger charge is -2.35. The second-order valence-corrected chi connectivity index (χ2v) is 5.68. The number of carbonyl (C=O) groups is 1. The Morgan fingerprint density at radius 3 is 2.45 bits per heavy atom. The van der Waals surface area contributed by atoms with Gasteiger partial charge in [0.1, 0.15) is 18.8 Å². The predicted molar refractivity (Wildman–Crippen MR) is 75.2 cm³/mol. The number of esters is 1. The summed E-state index contributed by atoms with van der Waals surface area (Å²) in [6, 6.07) is 0. The van der Waals surface area contributed by atoms with Gasteiger partial charge in [-0.25, -0.2) is 0 Å². The molecule has 118 valence electrons. The molecule has 4 atom stereocenters. The van der Waals surface area contributed by atoms with Crippen molar-refractivity contribution >= 4 is 5.97 Å². The van der Waals surface area contributed by atoms with Gasteiger partial charge in [0, 0.05) is 6.42 Å². The molecule has 5 heteroatoms. The standard InChI is InChI=1S/C15H28O5/c1-4-6-11(7-5-2)15(18)19-9-13-14(17)12(16)8-10(3)20-13/h10-14,16-17H,4-9H2,1-3H3. The number of hydrogen-bond acceptors (Lipinski definition) is 5. The first-order valence-corrected chi connectivity index (χ1v) is 7.67. The van der Waals surface area contributed by atoms with Crippen LogP contribution < -0.4 is 0 Å². The summed E-state index contributed by atoms with van der Waals surface area (Å²) in [4.78, 5) is 12.0. The fraction of sp³-hybridized carbons (Fsp3) is 0.933. The van der Waals surface area contributed by atoms with Gasteiger partial charge in [-0.15, -0.1) is 0 Å². The minimum atomic E-state index is -0.991. The lowest BCUT2D eigenvalue weighted by molar-refractivity contribution is -0.188. The van der Waals surface area contributed by atoms with E-state index in [2.05, 4.69) is 0 Å². The van der Waals surface area contributed by atoms with Gasteiger partial charge in [0.25, 0.3) is 0 Å². The summed E-state index contributed by atoms with van der Waals surface area (Å²) in [5.74, 6) is -0.301. The van der Waals surface area contributed by atoms with Crippen LogP contribution in [0.2, 0.25) is 0 Å². The molecule has 0 saturated carbocycles. The quantitative estimate of drug-likeness (QED) is 0.697. The summed E-state index contributed by atoms with van der Waals surface area (Å²) in [6.07, 6.45) is 1.34. The molecule has 0 aromatic carbocycles. The Morgan fingerprint density at radius 2 is 1.90 bits per heavy atom. The van der Waals surface area contributed by atoms with Gasteiger partial charge in [0.05, 0.1) is 18.1 Å². The Hall–Kier alpha value is -0.650. The van der Waals surface area contributed by atoms with Crippen LogP contribution in [0.1, 0.15) is 52.9 Å². The smallest absolute Gasteiger partial charge is 0.309 e. The summed E-state index contributed by atoms with van der Waals surface area (Å²) in [6.45, 7) is 5.93. The van der Waals surface area contributed by atoms with E-state index in [-0.39, 0.29) is 24.6 Å². The second-order valence-electron chi connectivity index (χ2n) is 5.68. The Morgan fingerprint density at radius 1 is 1.30 bits per heavy atom. The zero-order chi connectivity index (χ0) is 15.1. The topological polar surface area (TPSA) is 76.0 Å². The van der Waals surface area contributed by atoms with Crippen LogP contribution in [0, 0.1) is 5.92 Å². The van der Waals surface area contributed by atoms with Crippen LogP contribution in [0.25, 0.3) is 0 Å². The Kier molecular flexibility index (Phi) is 7.48. The van der Waals surface area contributed by atoms with Crippen molar-refractivity contribution < 1.29 is 24.5 Å². The molecule has 0 bridgehead atoms. The molecule has 2 N–H and O–H groups in total. The van der Waals surface area contributed by atoms with E-state index in [1.165, 1.54) is 0 Å². The van der Waals surface area contributed by atoms with E-state index in [1.54, 1.807) is 0 Å². The van der Waals surface area contributed by atoms with Crippen molar-refractivity contribution in [1.29, 1.82) is 0 Å². The van der Waals surface area contributed by atoms with Crippen molar-refractivity contribution in [2.45, 2.75) is 77.3 Å². The van der Waals surface area contributed by atoms with Crippen LogP contribution >= 0.6 is 0 Å². The Bertz CT molecular complexity index is 288. The maximum absolute atomic E-state index is 12.0. The summed E-state index contributed by atoms with van der Waals surface area (Å²) >= 11 is 0. The van der Waals surface area contributed by atoms with Gasteiger partial charge < -0.3 is 19.7 Å². The van der Waals surface area contributed by atoms with Gasteiger partial charge in [0.2, 0.25) is 0 Å². The lowest BCUT2D eigenvalue weighted by Crippen LogP contribution is -2.49. The molecule has 5 nitrogen and oxygen atoms in total. The maximum atomic E-state index is 12.0. The van der Waals surface area contributed by atoms with E-state index >= 15 is 0 Å². The molecular formula is C15H28O5. The van der Waals surface area contributed by atoms with Crippen LogP contribution in [-0.2, 0) is 14.3 Å². The van der Waals surface area contributed by atoms with Gasteiger partial charge in [-0.05, 0) is 19.8 Å². The molecule has 0 spiro atoms. The molecule has 1 rings (SSSR count). The summed E-state index contributed by atoms with van der Waals surface area (Å²) in [5.41, 5.74) is 0. The zero-order valence-electron chi connectivity index (χ0n) is 12.7. The number of rotatable bonds is 7. The molecule has 20 heavy (non-hydrogen) atoms. The normalized spacial score (nSPS) is 30.5. The molecule has 0 aromatic heterocycles. The highest BCUT2D eigenvalue weighted by Gasteiger charge is 2.36. The van der Waals surface area contributed by atoms with Crippen molar-refractivity contribution in [3.05, 3.63) is 0 Å². The second kappa shape index (κ2) is 8.60. The van der Waals surface area contributed by atoms with Gasteiger partial charge >= 0.3 is 5.97 Å². The zero-order valence-corrected chi connectivity index (χ0v) is 12.7. The van der Waals surface area contributed by atoms with Crippen molar-refractivity contribution in [1.82, 2.24) is 0 Å². The van der Waals surface area contributed by atoms with Crippen LogP contribution in [0.5, 0.6) is 0 Å². The molecule has 0 aliphatic carbocycles. The number of ether oxygens (including phenoxy) is 2. The molecule has 0 amide bonds. The van der Waals surface area contributed by atoms with E-state index in [4.69, 9.17) is 9.47 Å². The van der Waals surface area contributed by atoms with E-state index in [9.17, 15) is 15.0 Å². The molecule has 1 fully saturated rings. The van der Waals surface area contributed by atoms with E-state index < -0.39 is 18.3 Å². The van der Waals surface area contributed by atoms with Crippen molar-refractivity contribution in [2.75, 3.05) is 6.61 Å². The Labute approximate surface area is 121 Å². The van der Waals surface area contributed by atoms with Crippen LogP contribution in [0.4, 0.5) is 0 Å². The van der Waals surface area contributed by atoms with Crippen LogP contribution in [0.3, 0.4) is 0 Å². The molecule has 1 aliphatic rings. The highest BCUT2D eigenvalue weighted by atomic mass is 16.6. The number of aliphatic hydroxyl groups is 2. The number of hydrogen-bond donors (Lipinski definition) is 2. The fourth-order valence-electron chi connectivity index (χ4n) is 2.66. The summed E-state index contributed by atoms with van der Waals surface area (Å²) in [7, 11) is 0. The minimum Gasteiger partial charge on any atom is -0.463 e. The molecule has 0 aromatic rings. The molecular weight excluding hydrogens is 260 g/mol. The van der Waals surface area contributed by atoms with Gasteiger partial charge in [-0.2, -0.15) is 0 Å². The first kappa shape index (κ1) is 17.4. The summed E-state index contributed by atoms with van der Waals surface area (Å²) < 4.78 is 10.8. The average molecular weight is 288 g/mol. The molecule has 1 aliphatic heterocycles. The van der Waals surface area contributed by atoms with E-state index in [1.807, 2.05) is 20.8 Å². The monoisotopic (exact) mass is 288 g/mol. The van der Waals surface area contributed by atoms with Gasteiger partial charge in [0.15, 0.2) is 0 Å². The van der Waals surface area contributed by atoms with Crippen LogP contribution in [-0.4, -0.2) is 47.2 Å². The van der Waals surface area contributed by atoms with Gasteiger partial charge in [-0.1, -0.05) is 26.7 Å². The highest BCUT2D eigenvalue weighted by molar-refractivity contribution is 5.72. The highest BCUT2D eigenvalue weighted by Crippen LogP contribution is 2.21. The fourth-order valence-corrected chi connectivity index (χ4v) is 2.66. The third-order valence-corrected chi connectivity index (χ3v) is 3.75. The maximum Gasteiger partial charge on any atom is 0.309 e. The third kappa shape index (κ3) is 5.04. The van der Waals surface area contributed by atoms with E-state index in [0.29, 0.717) is 6.42 Å². The molecule has 1 heterocycles.